The van der Waals surface area contributed by atoms with Gasteiger partial charge in [0.1, 0.15) is 17.3 Å². The zero-order chi connectivity index (χ0) is 26.5. The smallest absolute Gasteiger partial charge is 0.300 e. The highest BCUT2D eigenvalue weighted by Crippen LogP contribution is 2.42. The lowest BCUT2D eigenvalue weighted by Gasteiger charge is -2.26. The van der Waals surface area contributed by atoms with Crippen molar-refractivity contribution in [2.75, 3.05) is 11.5 Å². The predicted molar refractivity (Wildman–Crippen MR) is 145 cm³/mol. The number of carbonyl (C=O) groups excluding carboxylic acids is 2. The Bertz CT molecular complexity index is 1270. The Morgan fingerprint density at radius 3 is 2.16 bits per heavy atom. The number of carbonyl (C=O) groups is 2. The van der Waals surface area contributed by atoms with E-state index < -0.39 is 17.7 Å². The van der Waals surface area contributed by atoms with Crippen LogP contribution in [0.25, 0.3) is 5.76 Å². The maximum Gasteiger partial charge on any atom is 0.300 e. The van der Waals surface area contributed by atoms with E-state index >= 15 is 0 Å². The Labute approximate surface area is 217 Å². The summed E-state index contributed by atoms with van der Waals surface area (Å²) >= 11 is 0. The maximum atomic E-state index is 13.3. The fraction of sp³-hybridized carbons (Fsp3) is 0.290. The molecule has 2 N–H and O–H groups in total. The molecule has 1 fully saturated rings. The van der Waals surface area contributed by atoms with Crippen LogP contribution in [-0.4, -0.2) is 28.5 Å². The molecule has 0 aliphatic carbocycles. The third-order valence-electron chi connectivity index (χ3n) is 6.64. The normalized spacial score (nSPS) is 17.0. The fourth-order valence-electron chi connectivity index (χ4n) is 4.50. The van der Waals surface area contributed by atoms with E-state index in [4.69, 9.17) is 4.74 Å². The molecule has 6 heteroatoms. The molecule has 0 aromatic heterocycles. The second kappa shape index (κ2) is 11.3. The van der Waals surface area contributed by atoms with E-state index in [1.165, 1.54) is 17.0 Å². The Morgan fingerprint density at radius 1 is 0.919 bits per heavy atom. The van der Waals surface area contributed by atoms with Gasteiger partial charge in [-0.2, -0.15) is 0 Å². The SMILES string of the molecule is CCCCCOc1ccc(/C(O)=C2\C(=O)C(=O)N(c3ccc(C(C)C)cc3)C2c2ccc(O)cc2)cc1. The van der Waals surface area contributed by atoms with E-state index in [0.717, 1.165) is 24.8 Å². The number of aliphatic hydroxyl groups excluding tert-OH is 1. The van der Waals surface area contributed by atoms with Gasteiger partial charge in [-0.05, 0) is 72.0 Å². The first-order valence-corrected chi connectivity index (χ1v) is 12.7. The number of rotatable bonds is 9. The molecule has 1 aliphatic rings. The van der Waals surface area contributed by atoms with Crippen LogP contribution in [0.15, 0.2) is 78.4 Å². The van der Waals surface area contributed by atoms with Crippen LogP contribution >= 0.6 is 0 Å². The van der Waals surface area contributed by atoms with Gasteiger partial charge in [-0.3, -0.25) is 14.5 Å². The van der Waals surface area contributed by atoms with Crippen molar-refractivity contribution in [3.63, 3.8) is 0 Å². The number of amides is 1. The van der Waals surface area contributed by atoms with Gasteiger partial charge in [0.25, 0.3) is 11.7 Å². The number of nitrogens with zero attached hydrogens (tertiary/aromatic N) is 1. The quantitative estimate of drug-likeness (QED) is 0.148. The largest absolute Gasteiger partial charge is 0.508 e. The number of Topliss-reactive ketones (excluding diaryl/α,β-unsaturated/α-hetero) is 1. The van der Waals surface area contributed by atoms with E-state index in [2.05, 4.69) is 20.8 Å². The summed E-state index contributed by atoms with van der Waals surface area (Å²) in [6.45, 7) is 6.91. The van der Waals surface area contributed by atoms with Crippen LogP contribution in [0, 0.1) is 0 Å². The lowest BCUT2D eigenvalue weighted by molar-refractivity contribution is -0.132. The molecule has 1 amide bonds. The fourth-order valence-corrected chi connectivity index (χ4v) is 4.50. The van der Waals surface area contributed by atoms with Crippen LogP contribution < -0.4 is 9.64 Å². The number of ether oxygens (including phenoxy) is 1. The molecular formula is C31H33NO5. The van der Waals surface area contributed by atoms with Gasteiger partial charge in [0.2, 0.25) is 0 Å². The van der Waals surface area contributed by atoms with E-state index in [-0.39, 0.29) is 17.1 Å². The molecule has 0 radical (unpaired) electrons. The minimum Gasteiger partial charge on any atom is -0.508 e. The maximum absolute atomic E-state index is 13.3. The topological polar surface area (TPSA) is 87.1 Å². The average Bonchev–Trinajstić information content (AvgIpc) is 3.17. The average molecular weight is 500 g/mol. The third-order valence-corrected chi connectivity index (χ3v) is 6.64. The summed E-state index contributed by atoms with van der Waals surface area (Å²) < 4.78 is 5.76. The number of ketones is 1. The molecule has 1 atom stereocenters. The van der Waals surface area contributed by atoms with Crippen molar-refractivity contribution in [2.24, 2.45) is 0 Å². The highest BCUT2D eigenvalue weighted by Gasteiger charge is 2.47. The van der Waals surface area contributed by atoms with Crippen LogP contribution in [-0.2, 0) is 9.59 Å². The van der Waals surface area contributed by atoms with Gasteiger partial charge in [0, 0.05) is 11.3 Å². The molecule has 0 bridgehead atoms. The van der Waals surface area contributed by atoms with E-state index in [1.807, 2.05) is 24.3 Å². The Balaban J connectivity index is 1.74. The summed E-state index contributed by atoms with van der Waals surface area (Å²) in [5.74, 6) is -0.674. The molecule has 6 nitrogen and oxygen atoms in total. The monoisotopic (exact) mass is 499 g/mol. The van der Waals surface area contributed by atoms with Crippen molar-refractivity contribution < 1.29 is 24.5 Å². The summed E-state index contributed by atoms with van der Waals surface area (Å²) in [6.07, 6.45) is 3.17. The second-order valence-corrected chi connectivity index (χ2v) is 9.59. The lowest BCUT2D eigenvalue weighted by Crippen LogP contribution is -2.29. The highest BCUT2D eigenvalue weighted by molar-refractivity contribution is 6.51. The second-order valence-electron chi connectivity index (χ2n) is 9.59. The summed E-state index contributed by atoms with van der Waals surface area (Å²) in [4.78, 5) is 28.0. The summed E-state index contributed by atoms with van der Waals surface area (Å²) in [5, 5.41) is 21.1. The summed E-state index contributed by atoms with van der Waals surface area (Å²) in [6, 6.07) is 19.8. The van der Waals surface area contributed by atoms with Gasteiger partial charge in [0.05, 0.1) is 18.2 Å². The van der Waals surface area contributed by atoms with Crippen molar-refractivity contribution in [1.82, 2.24) is 0 Å². The number of aromatic hydroxyl groups is 1. The molecule has 1 aliphatic heterocycles. The number of benzene rings is 3. The number of anilines is 1. The van der Waals surface area contributed by atoms with Crippen LogP contribution in [0.5, 0.6) is 11.5 Å². The minimum atomic E-state index is -0.851. The zero-order valence-electron chi connectivity index (χ0n) is 21.5. The number of phenolic OH excluding ortho intramolecular Hbond substituents is 1. The summed E-state index contributed by atoms with van der Waals surface area (Å²) in [7, 11) is 0. The van der Waals surface area contributed by atoms with E-state index in [1.54, 1.807) is 36.4 Å². The predicted octanol–water partition coefficient (Wildman–Crippen LogP) is 6.71. The Kier molecular flexibility index (Phi) is 7.97. The van der Waals surface area contributed by atoms with Gasteiger partial charge in [-0.25, -0.2) is 0 Å². The van der Waals surface area contributed by atoms with E-state index in [9.17, 15) is 19.8 Å². The minimum absolute atomic E-state index is 0.000222. The molecule has 1 unspecified atom stereocenters. The molecule has 0 spiro atoms. The standard InChI is InChI=1S/C31H33NO5/c1-4-5-6-19-37-26-17-11-23(12-18-26)29(34)27-28(22-9-15-25(33)16-10-22)32(31(36)30(27)35)24-13-7-21(8-14-24)20(2)3/h7-18,20,28,33-34H,4-6,19H2,1-3H3/b29-27+. The van der Waals surface area contributed by atoms with Crippen molar-refractivity contribution in [3.05, 3.63) is 95.1 Å². The van der Waals surface area contributed by atoms with Crippen molar-refractivity contribution in [1.29, 1.82) is 0 Å². The third kappa shape index (κ3) is 5.53. The van der Waals surface area contributed by atoms with Gasteiger partial charge in [-0.15, -0.1) is 0 Å². The van der Waals surface area contributed by atoms with Crippen LogP contribution in [0.4, 0.5) is 5.69 Å². The number of aliphatic hydroxyl groups is 1. The first-order valence-electron chi connectivity index (χ1n) is 12.7. The van der Waals surface area contributed by atoms with Crippen molar-refractivity contribution in [2.45, 2.75) is 52.0 Å². The number of hydrogen-bond donors (Lipinski definition) is 2. The Hall–Kier alpha value is -4.06. The molecule has 37 heavy (non-hydrogen) atoms. The van der Waals surface area contributed by atoms with Crippen molar-refractivity contribution in [3.8, 4) is 11.5 Å². The van der Waals surface area contributed by atoms with Gasteiger partial charge >= 0.3 is 0 Å². The zero-order valence-corrected chi connectivity index (χ0v) is 21.5. The lowest BCUT2D eigenvalue weighted by atomic mass is 9.95. The molecule has 3 aromatic carbocycles. The number of hydrogen-bond acceptors (Lipinski definition) is 5. The molecule has 3 aromatic rings. The van der Waals surface area contributed by atoms with Crippen LogP contribution in [0.3, 0.4) is 0 Å². The van der Waals surface area contributed by atoms with Gasteiger partial charge in [-0.1, -0.05) is 57.9 Å². The van der Waals surface area contributed by atoms with Gasteiger partial charge < -0.3 is 14.9 Å². The molecule has 4 rings (SSSR count). The molecular weight excluding hydrogens is 466 g/mol. The Morgan fingerprint density at radius 2 is 1.57 bits per heavy atom. The van der Waals surface area contributed by atoms with Gasteiger partial charge in [0.15, 0.2) is 0 Å². The number of unbranched alkanes of at least 4 members (excludes halogenated alkanes) is 2. The van der Waals surface area contributed by atoms with E-state index in [0.29, 0.717) is 35.1 Å². The summed E-state index contributed by atoms with van der Waals surface area (Å²) in [5.41, 5.74) is 2.68. The van der Waals surface area contributed by atoms with Crippen LogP contribution in [0.2, 0.25) is 0 Å². The first kappa shape index (κ1) is 26.0. The van der Waals surface area contributed by atoms with Crippen LogP contribution in [0.1, 0.15) is 68.7 Å². The highest BCUT2D eigenvalue weighted by atomic mass is 16.5. The molecule has 192 valence electrons. The molecule has 1 saturated heterocycles. The molecule has 0 saturated carbocycles. The first-order chi connectivity index (χ1) is 17.8. The van der Waals surface area contributed by atoms with Crippen molar-refractivity contribution >= 4 is 23.1 Å². The number of phenols is 1. The molecule has 1 heterocycles.